The summed E-state index contributed by atoms with van der Waals surface area (Å²) in [5.41, 5.74) is 3.04. The van der Waals surface area contributed by atoms with Crippen molar-refractivity contribution in [1.29, 1.82) is 0 Å². The Balaban J connectivity index is 1.37. The molecule has 0 spiro atoms. The lowest BCUT2D eigenvalue weighted by Gasteiger charge is -2.37. The van der Waals surface area contributed by atoms with Gasteiger partial charge in [0.05, 0.1) is 25.3 Å². The summed E-state index contributed by atoms with van der Waals surface area (Å²) in [5.74, 6) is 0.338. The zero-order valence-corrected chi connectivity index (χ0v) is 19.9. The van der Waals surface area contributed by atoms with Gasteiger partial charge in [-0.1, -0.05) is 55.0 Å². The molecule has 0 bridgehead atoms. The van der Waals surface area contributed by atoms with Crippen LogP contribution in [0, 0.1) is 0 Å². The number of morpholine rings is 1. The number of hydrogen-bond acceptors (Lipinski definition) is 4. The first-order chi connectivity index (χ1) is 16.7. The predicted molar refractivity (Wildman–Crippen MR) is 131 cm³/mol. The Labute approximate surface area is 202 Å². The molecular formula is C28H35N3O3. The monoisotopic (exact) mass is 461 g/mol. The lowest BCUT2D eigenvalue weighted by molar-refractivity contribution is -0.135. The van der Waals surface area contributed by atoms with E-state index in [0.717, 1.165) is 75.2 Å². The van der Waals surface area contributed by atoms with Crippen molar-refractivity contribution in [3.63, 3.8) is 0 Å². The number of fused-ring (bicyclic) bond motifs is 1. The number of carbonyl (C=O) groups is 2. The fraction of sp³-hybridized carbons (Fsp3) is 0.500. The van der Waals surface area contributed by atoms with E-state index >= 15 is 0 Å². The van der Waals surface area contributed by atoms with Crippen LogP contribution in [0.4, 0.5) is 0 Å². The lowest BCUT2D eigenvalue weighted by atomic mass is 9.95. The van der Waals surface area contributed by atoms with Gasteiger partial charge in [0.1, 0.15) is 0 Å². The molecule has 0 radical (unpaired) electrons. The molecule has 5 rings (SSSR count). The minimum atomic E-state index is 0.0805. The molecular weight excluding hydrogens is 426 g/mol. The Morgan fingerprint density at radius 1 is 0.853 bits per heavy atom. The van der Waals surface area contributed by atoms with Crippen LogP contribution < -0.4 is 0 Å². The first-order valence-electron chi connectivity index (χ1n) is 12.7. The van der Waals surface area contributed by atoms with Crippen LogP contribution in [0.3, 0.4) is 0 Å². The molecule has 0 aromatic heterocycles. The number of nitrogens with zero attached hydrogens (tertiary/aromatic N) is 3. The van der Waals surface area contributed by atoms with Gasteiger partial charge in [0.25, 0.3) is 5.91 Å². The number of benzene rings is 2. The molecule has 180 valence electrons. The van der Waals surface area contributed by atoms with Gasteiger partial charge < -0.3 is 14.5 Å². The van der Waals surface area contributed by atoms with E-state index in [1.54, 1.807) is 0 Å². The first kappa shape index (κ1) is 23.1. The minimum absolute atomic E-state index is 0.0805. The van der Waals surface area contributed by atoms with Crippen LogP contribution in [0.15, 0.2) is 54.6 Å². The maximum Gasteiger partial charge on any atom is 0.254 e. The smallest absolute Gasteiger partial charge is 0.254 e. The molecule has 0 aliphatic carbocycles. The summed E-state index contributed by atoms with van der Waals surface area (Å²) in [6.07, 6.45) is 4.29. The Hall–Kier alpha value is -2.70. The van der Waals surface area contributed by atoms with Gasteiger partial charge in [0.15, 0.2) is 0 Å². The van der Waals surface area contributed by atoms with Crippen molar-refractivity contribution in [2.24, 2.45) is 0 Å². The van der Waals surface area contributed by atoms with Gasteiger partial charge in [0.2, 0.25) is 5.91 Å². The molecule has 0 saturated carbocycles. The first-order valence-corrected chi connectivity index (χ1v) is 12.7. The van der Waals surface area contributed by atoms with E-state index < -0.39 is 0 Å². The van der Waals surface area contributed by atoms with E-state index in [-0.39, 0.29) is 23.9 Å². The maximum absolute atomic E-state index is 13.9. The molecule has 3 saturated heterocycles. The van der Waals surface area contributed by atoms with E-state index in [4.69, 9.17) is 4.74 Å². The fourth-order valence-electron chi connectivity index (χ4n) is 5.77. The number of likely N-dealkylation sites (tertiary alicyclic amines) is 2. The average Bonchev–Trinajstić information content (AvgIpc) is 3.28. The largest absolute Gasteiger partial charge is 0.379 e. The van der Waals surface area contributed by atoms with Crippen molar-refractivity contribution in [2.75, 3.05) is 32.8 Å². The summed E-state index contributed by atoms with van der Waals surface area (Å²) in [4.78, 5) is 33.5. The molecule has 6 heteroatoms. The van der Waals surface area contributed by atoms with Crippen LogP contribution in [0.2, 0.25) is 0 Å². The second-order valence-corrected chi connectivity index (χ2v) is 9.72. The highest BCUT2D eigenvalue weighted by molar-refractivity contribution is 5.96. The summed E-state index contributed by atoms with van der Waals surface area (Å²) in [7, 11) is 0. The van der Waals surface area contributed by atoms with Crippen LogP contribution in [0.25, 0.3) is 0 Å². The summed E-state index contributed by atoms with van der Waals surface area (Å²) in [6.45, 7) is 5.39. The van der Waals surface area contributed by atoms with Gasteiger partial charge in [-0.3, -0.25) is 14.5 Å². The highest BCUT2D eigenvalue weighted by Gasteiger charge is 2.42. The minimum Gasteiger partial charge on any atom is -0.379 e. The molecule has 34 heavy (non-hydrogen) atoms. The summed E-state index contributed by atoms with van der Waals surface area (Å²) in [6, 6.07) is 18.4. The van der Waals surface area contributed by atoms with Gasteiger partial charge in [-0.15, -0.1) is 0 Å². The Morgan fingerprint density at radius 3 is 2.44 bits per heavy atom. The number of amides is 2. The van der Waals surface area contributed by atoms with Gasteiger partial charge >= 0.3 is 0 Å². The highest BCUT2D eigenvalue weighted by Crippen LogP contribution is 2.33. The van der Waals surface area contributed by atoms with Crippen molar-refractivity contribution in [1.82, 2.24) is 14.7 Å². The third kappa shape index (κ3) is 5.03. The SMILES string of the molecule is O=C(c1ccccc1CN1CCOCC1)N1CC[C@H]2[C@H]1CCCCC(=O)N2Cc1ccccc1. The van der Waals surface area contributed by atoms with Crippen molar-refractivity contribution in [3.05, 3.63) is 71.3 Å². The van der Waals surface area contributed by atoms with E-state index in [1.807, 2.05) is 36.4 Å². The lowest BCUT2D eigenvalue weighted by Crippen LogP contribution is -2.50. The Morgan fingerprint density at radius 2 is 1.62 bits per heavy atom. The van der Waals surface area contributed by atoms with Gasteiger partial charge in [-0.25, -0.2) is 0 Å². The van der Waals surface area contributed by atoms with Crippen LogP contribution >= 0.6 is 0 Å². The number of hydrogen-bond donors (Lipinski definition) is 0. The van der Waals surface area contributed by atoms with Crippen LogP contribution in [-0.2, 0) is 22.6 Å². The van der Waals surface area contributed by atoms with Gasteiger partial charge in [-0.05, 0) is 36.5 Å². The van der Waals surface area contributed by atoms with Crippen molar-refractivity contribution >= 4 is 11.8 Å². The highest BCUT2D eigenvalue weighted by atomic mass is 16.5. The predicted octanol–water partition coefficient (Wildman–Crippen LogP) is 3.70. The number of carbonyl (C=O) groups excluding carboxylic acids is 2. The number of rotatable bonds is 5. The van der Waals surface area contributed by atoms with Gasteiger partial charge in [-0.2, -0.15) is 0 Å². The molecule has 0 unspecified atom stereocenters. The summed E-state index contributed by atoms with van der Waals surface area (Å²) < 4.78 is 5.49. The van der Waals surface area contributed by atoms with Crippen molar-refractivity contribution < 1.29 is 14.3 Å². The molecule has 6 nitrogen and oxygen atoms in total. The van der Waals surface area contributed by atoms with E-state index in [1.165, 1.54) is 0 Å². The molecule has 3 heterocycles. The van der Waals surface area contributed by atoms with E-state index in [0.29, 0.717) is 19.5 Å². The zero-order chi connectivity index (χ0) is 23.3. The molecule has 3 aliphatic heterocycles. The third-order valence-corrected chi connectivity index (χ3v) is 7.57. The molecule has 2 atom stereocenters. The molecule has 3 fully saturated rings. The summed E-state index contributed by atoms with van der Waals surface area (Å²) in [5, 5.41) is 0. The Bertz CT molecular complexity index is 989. The van der Waals surface area contributed by atoms with E-state index in [9.17, 15) is 9.59 Å². The van der Waals surface area contributed by atoms with Crippen LogP contribution in [0.5, 0.6) is 0 Å². The second-order valence-electron chi connectivity index (χ2n) is 9.72. The molecule has 3 aliphatic rings. The summed E-state index contributed by atoms with van der Waals surface area (Å²) >= 11 is 0. The maximum atomic E-state index is 13.9. The molecule has 0 N–H and O–H groups in total. The van der Waals surface area contributed by atoms with Crippen molar-refractivity contribution in [3.8, 4) is 0 Å². The zero-order valence-electron chi connectivity index (χ0n) is 19.9. The van der Waals surface area contributed by atoms with Crippen LogP contribution in [-0.4, -0.2) is 71.4 Å². The van der Waals surface area contributed by atoms with E-state index in [2.05, 4.69) is 32.9 Å². The normalized spacial score (nSPS) is 23.9. The van der Waals surface area contributed by atoms with Crippen molar-refractivity contribution in [2.45, 2.75) is 57.3 Å². The fourth-order valence-corrected chi connectivity index (χ4v) is 5.77. The Kier molecular flexibility index (Phi) is 7.26. The molecule has 2 amide bonds. The topological polar surface area (TPSA) is 53.1 Å². The second kappa shape index (κ2) is 10.7. The number of ether oxygens (including phenoxy) is 1. The quantitative estimate of drug-likeness (QED) is 0.681. The van der Waals surface area contributed by atoms with Crippen LogP contribution in [0.1, 0.15) is 53.6 Å². The average molecular weight is 462 g/mol. The standard InChI is InChI=1S/C28H35N3O3/c32-27-13-7-6-12-25-26(31(27)20-22-8-2-1-3-9-22)14-15-30(25)28(33)24-11-5-4-10-23(24)21-29-16-18-34-19-17-29/h1-5,8-11,25-26H,6-7,12-21H2/t25-,26+/m1/s1. The van der Waals surface area contributed by atoms with Gasteiger partial charge in [0, 0.05) is 44.7 Å². The molecule has 2 aromatic rings. The molecule has 2 aromatic carbocycles. The third-order valence-electron chi connectivity index (χ3n) is 7.57.